The highest BCUT2D eigenvalue weighted by atomic mass is 79.9. The van der Waals surface area contributed by atoms with Gasteiger partial charge in [0, 0.05) is 9.31 Å². The van der Waals surface area contributed by atoms with E-state index in [1.54, 1.807) is 0 Å². The fraction of sp³-hybridized carbons (Fsp3) is 0.600. The molecule has 1 unspecified atom stereocenters. The van der Waals surface area contributed by atoms with Crippen molar-refractivity contribution < 1.29 is 0 Å². The van der Waals surface area contributed by atoms with E-state index >= 15 is 0 Å². The number of allylic oxidation sites excluding steroid dienone is 2. The standard InChI is InChI=1S/C5H8Br2/c1-3-5(7)4(2)6/h3-4H,1-2H3/b5-3-. The summed E-state index contributed by atoms with van der Waals surface area (Å²) in [6, 6.07) is 0. The number of halogens is 2. The second-order valence-electron chi connectivity index (χ2n) is 1.29. The van der Waals surface area contributed by atoms with Crippen molar-refractivity contribution in [3.8, 4) is 0 Å². The van der Waals surface area contributed by atoms with Gasteiger partial charge in [-0.05, 0) is 13.8 Å². The molecule has 0 bridgehead atoms. The van der Waals surface area contributed by atoms with Crippen molar-refractivity contribution in [3.63, 3.8) is 0 Å². The Morgan fingerprint density at radius 3 is 2.14 bits per heavy atom. The summed E-state index contributed by atoms with van der Waals surface area (Å²) < 4.78 is 1.20. The first kappa shape index (κ1) is 7.70. The molecule has 0 aromatic heterocycles. The van der Waals surface area contributed by atoms with E-state index in [-0.39, 0.29) is 0 Å². The summed E-state index contributed by atoms with van der Waals surface area (Å²) in [6.07, 6.45) is 2.03. The van der Waals surface area contributed by atoms with Gasteiger partial charge < -0.3 is 0 Å². The number of rotatable bonds is 1. The third-order valence-corrected chi connectivity index (χ3v) is 2.91. The molecule has 0 radical (unpaired) electrons. The first-order valence-electron chi connectivity index (χ1n) is 2.14. The molecule has 7 heavy (non-hydrogen) atoms. The van der Waals surface area contributed by atoms with Gasteiger partial charge >= 0.3 is 0 Å². The largest absolute Gasteiger partial charge is 0.0836 e. The molecule has 0 aromatic carbocycles. The molecule has 0 aliphatic carbocycles. The van der Waals surface area contributed by atoms with E-state index in [1.807, 2.05) is 13.0 Å². The van der Waals surface area contributed by atoms with Crippen LogP contribution in [0.2, 0.25) is 0 Å². The summed E-state index contributed by atoms with van der Waals surface area (Å²) in [5, 5.41) is 0. The maximum Gasteiger partial charge on any atom is 0.0429 e. The van der Waals surface area contributed by atoms with Gasteiger partial charge in [0.25, 0.3) is 0 Å². The van der Waals surface area contributed by atoms with Gasteiger partial charge in [-0.15, -0.1) is 0 Å². The average Bonchev–Trinajstić information content (AvgIpc) is 1.65. The Morgan fingerprint density at radius 2 is 2.14 bits per heavy atom. The molecule has 0 N–H and O–H groups in total. The minimum absolute atomic E-state index is 0.456. The predicted octanol–water partition coefficient (Wildman–Crippen LogP) is 3.07. The Labute approximate surface area is 61.2 Å². The lowest BCUT2D eigenvalue weighted by Crippen LogP contribution is -1.85. The highest BCUT2D eigenvalue weighted by molar-refractivity contribution is 9.14. The number of hydrogen-bond donors (Lipinski definition) is 0. The summed E-state index contributed by atoms with van der Waals surface area (Å²) in [6.45, 7) is 4.08. The zero-order chi connectivity index (χ0) is 5.86. The van der Waals surface area contributed by atoms with Gasteiger partial charge in [0.2, 0.25) is 0 Å². The third kappa shape index (κ3) is 3.30. The lowest BCUT2D eigenvalue weighted by Gasteiger charge is -1.95. The quantitative estimate of drug-likeness (QED) is 0.605. The van der Waals surface area contributed by atoms with Crippen LogP contribution in [0, 0.1) is 0 Å². The van der Waals surface area contributed by atoms with Crippen molar-refractivity contribution >= 4 is 31.9 Å². The first-order chi connectivity index (χ1) is 3.18. The zero-order valence-electron chi connectivity index (χ0n) is 4.41. The summed E-state index contributed by atoms with van der Waals surface area (Å²) in [5.41, 5.74) is 0. The Hall–Kier alpha value is 0.700. The molecule has 0 nitrogen and oxygen atoms in total. The fourth-order valence-electron chi connectivity index (χ4n) is 0.230. The van der Waals surface area contributed by atoms with E-state index in [4.69, 9.17) is 0 Å². The van der Waals surface area contributed by atoms with Crippen LogP contribution in [0.3, 0.4) is 0 Å². The van der Waals surface area contributed by atoms with Gasteiger partial charge in [-0.1, -0.05) is 37.9 Å². The first-order valence-corrected chi connectivity index (χ1v) is 3.85. The van der Waals surface area contributed by atoms with Crippen molar-refractivity contribution in [2.24, 2.45) is 0 Å². The van der Waals surface area contributed by atoms with Crippen LogP contribution in [0.25, 0.3) is 0 Å². The van der Waals surface area contributed by atoms with E-state index in [9.17, 15) is 0 Å². The minimum Gasteiger partial charge on any atom is -0.0836 e. The summed E-state index contributed by atoms with van der Waals surface area (Å²) in [7, 11) is 0. The second kappa shape index (κ2) is 3.67. The van der Waals surface area contributed by atoms with E-state index in [2.05, 4.69) is 38.8 Å². The maximum atomic E-state index is 3.38. The van der Waals surface area contributed by atoms with Gasteiger partial charge in [0.05, 0.1) is 0 Å². The van der Waals surface area contributed by atoms with Crippen molar-refractivity contribution in [1.29, 1.82) is 0 Å². The molecule has 0 aliphatic rings. The fourth-order valence-corrected chi connectivity index (χ4v) is 0.494. The Kier molecular flexibility index (Phi) is 4.04. The third-order valence-electron chi connectivity index (χ3n) is 0.656. The van der Waals surface area contributed by atoms with Gasteiger partial charge in [-0.25, -0.2) is 0 Å². The van der Waals surface area contributed by atoms with E-state index in [0.717, 1.165) is 0 Å². The van der Waals surface area contributed by atoms with Crippen LogP contribution in [0.1, 0.15) is 13.8 Å². The Balaban J connectivity index is 3.56. The number of hydrogen-bond acceptors (Lipinski definition) is 0. The monoisotopic (exact) mass is 226 g/mol. The molecule has 2 heteroatoms. The summed E-state index contributed by atoms with van der Waals surface area (Å²) in [4.78, 5) is 0.456. The molecule has 42 valence electrons. The topological polar surface area (TPSA) is 0 Å². The molecule has 0 saturated heterocycles. The van der Waals surface area contributed by atoms with Crippen molar-refractivity contribution in [3.05, 3.63) is 10.6 Å². The van der Waals surface area contributed by atoms with Crippen LogP contribution in [0.4, 0.5) is 0 Å². The number of alkyl halides is 1. The van der Waals surface area contributed by atoms with E-state index in [1.165, 1.54) is 4.48 Å². The van der Waals surface area contributed by atoms with Crippen molar-refractivity contribution in [2.45, 2.75) is 18.7 Å². The smallest absolute Gasteiger partial charge is 0.0429 e. The molecule has 0 spiro atoms. The minimum atomic E-state index is 0.456. The average molecular weight is 228 g/mol. The molecule has 0 aliphatic heterocycles. The van der Waals surface area contributed by atoms with Gasteiger partial charge in [-0.2, -0.15) is 0 Å². The Morgan fingerprint density at radius 1 is 1.71 bits per heavy atom. The lowest BCUT2D eigenvalue weighted by molar-refractivity contribution is 1.25. The predicted molar refractivity (Wildman–Crippen MR) is 41.1 cm³/mol. The SMILES string of the molecule is C/C=C(\Br)C(C)Br. The molecular weight excluding hydrogens is 220 g/mol. The molecule has 0 saturated carbocycles. The van der Waals surface area contributed by atoms with Crippen LogP contribution in [0.5, 0.6) is 0 Å². The molecule has 0 fully saturated rings. The highest BCUT2D eigenvalue weighted by Crippen LogP contribution is 2.16. The van der Waals surface area contributed by atoms with Crippen molar-refractivity contribution in [2.75, 3.05) is 0 Å². The molecular formula is C5H8Br2. The highest BCUT2D eigenvalue weighted by Gasteiger charge is 1.94. The van der Waals surface area contributed by atoms with Crippen molar-refractivity contribution in [1.82, 2.24) is 0 Å². The van der Waals surface area contributed by atoms with E-state index < -0.39 is 0 Å². The van der Waals surface area contributed by atoms with Crippen LogP contribution in [0.15, 0.2) is 10.6 Å². The van der Waals surface area contributed by atoms with Crippen LogP contribution < -0.4 is 0 Å². The lowest BCUT2D eigenvalue weighted by atomic mass is 10.4. The Bertz CT molecular complexity index is 74.1. The maximum absolute atomic E-state index is 3.38. The molecule has 0 aromatic rings. The van der Waals surface area contributed by atoms with Crippen LogP contribution >= 0.6 is 31.9 Å². The normalized spacial score (nSPS) is 16.9. The van der Waals surface area contributed by atoms with Crippen LogP contribution in [-0.4, -0.2) is 4.83 Å². The molecule has 0 rings (SSSR count). The van der Waals surface area contributed by atoms with Gasteiger partial charge in [0.1, 0.15) is 0 Å². The summed E-state index contributed by atoms with van der Waals surface area (Å²) >= 11 is 6.74. The molecule has 0 heterocycles. The second-order valence-corrected chi connectivity index (χ2v) is 3.58. The van der Waals surface area contributed by atoms with Crippen LogP contribution in [-0.2, 0) is 0 Å². The molecule has 0 amide bonds. The van der Waals surface area contributed by atoms with Gasteiger partial charge in [-0.3, -0.25) is 0 Å². The van der Waals surface area contributed by atoms with E-state index in [0.29, 0.717) is 4.83 Å². The summed E-state index contributed by atoms with van der Waals surface area (Å²) in [5.74, 6) is 0. The molecule has 1 atom stereocenters. The zero-order valence-corrected chi connectivity index (χ0v) is 7.58. The van der Waals surface area contributed by atoms with Gasteiger partial charge in [0.15, 0.2) is 0 Å².